The summed E-state index contributed by atoms with van der Waals surface area (Å²) in [5.74, 6) is -0.0662. The topological polar surface area (TPSA) is 107 Å². The van der Waals surface area contributed by atoms with Crippen LogP contribution in [0.5, 0.6) is 0 Å². The maximum absolute atomic E-state index is 12.5. The van der Waals surface area contributed by atoms with E-state index in [0.29, 0.717) is 18.6 Å². The number of aromatic amines is 2. The Morgan fingerprint density at radius 3 is 3.17 bits per heavy atom. The van der Waals surface area contributed by atoms with Gasteiger partial charge in [0.05, 0.1) is 29.9 Å². The van der Waals surface area contributed by atoms with Crippen LogP contribution in [0.3, 0.4) is 0 Å². The molecule has 0 spiro atoms. The molecule has 0 radical (unpaired) electrons. The van der Waals surface area contributed by atoms with Crippen LogP contribution in [0.4, 0.5) is 0 Å². The third-order valence-corrected chi connectivity index (χ3v) is 4.70. The minimum absolute atomic E-state index is 0.0662. The molecule has 8 nitrogen and oxygen atoms in total. The quantitative estimate of drug-likeness (QED) is 0.659. The van der Waals surface area contributed by atoms with Gasteiger partial charge in [-0.05, 0) is 18.9 Å². The molecule has 1 atom stereocenters. The molecule has 4 rings (SSSR count). The number of aromatic nitrogens is 4. The van der Waals surface area contributed by atoms with Gasteiger partial charge in [0.1, 0.15) is 5.65 Å². The summed E-state index contributed by atoms with van der Waals surface area (Å²) in [6.45, 7) is 1.01. The zero-order chi connectivity index (χ0) is 16.7. The summed E-state index contributed by atoms with van der Waals surface area (Å²) in [4.78, 5) is 36.6. The summed E-state index contributed by atoms with van der Waals surface area (Å²) in [6.07, 6.45) is 5.26. The molecule has 0 saturated carbocycles. The molecule has 0 aliphatic carbocycles. The zero-order valence-corrected chi connectivity index (χ0v) is 13.2. The lowest BCUT2D eigenvalue weighted by Crippen LogP contribution is -2.42. The highest BCUT2D eigenvalue weighted by molar-refractivity contribution is 6.00. The number of H-pyrrole nitrogens is 2. The number of aliphatic hydroxyl groups excluding tert-OH is 1. The van der Waals surface area contributed by atoms with E-state index < -0.39 is 0 Å². The Kier molecular flexibility index (Phi) is 3.61. The predicted molar refractivity (Wildman–Crippen MR) is 88.8 cm³/mol. The second-order valence-electron chi connectivity index (χ2n) is 6.17. The lowest BCUT2D eigenvalue weighted by atomic mass is 10.0. The first-order valence-corrected chi connectivity index (χ1v) is 8.14. The summed E-state index contributed by atoms with van der Waals surface area (Å²) in [5, 5.41) is 9.87. The van der Waals surface area contributed by atoms with Crippen LogP contribution in [0, 0.1) is 0 Å². The highest BCUT2D eigenvalue weighted by Crippen LogP contribution is 2.27. The molecule has 3 N–H and O–H groups in total. The fourth-order valence-electron chi connectivity index (χ4n) is 3.62. The second-order valence-corrected chi connectivity index (χ2v) is 6.17. The number of nitrogens with one attached hydrogen (secondary N) is 2. The Morgan fingerprint density at radius 1 is 1.46 bits per heavy atom. The number of carbonyl (C=O) groups excluding carboxylic acids is 1. The number of hydrogen-bond acceptors (Lipinski definition) is 4. The van der Waals surface area contributed by atoms with Crippen molar-refractivity contribution in [1.82, 2.24) is 24.4 Å². The maximum atomic E-state index is 12.5. The van der Waals surface area contributed by atoms with Gasteiger partial charge in [-0.25, -0.2) is 9.78 Å². The molecular weight excluding hydrogens is 310 g/mol. The van der Waals surface area contributed by atoms with Gasteiger partial charge in [-0.2, -0.15) is 0 Å². The van der Waals surface area contributed by atoms with E-state index in [0.717, 1.165) is 29.4 Å². The smallest absolute Gasteiger partial charge is 0.326 e. The van der Waals surface area contributed by atoms with Crippen molar-refractivity contribution < 1.29 is 9.90 Å². The summed E-state index contributed by atoms with van der Waals surface area (Å²) in [7, 11) is 0. The van der Waals surface area contributed by atoms with E-state index in [4.69, 9.17) is 5.11 Å². The minimum Gasteiger partial charge on any atom is -0.396 e. The van der Waals surface area contributed by atoms with E-state index in [1.807, 2.05) is 6.07 Å². The normalized spacial score (nSPS) is 18.5. The molecule has 1 aliphatic rings. The molecule has 1 aliphatic heterocycles. The molecule has 4 heterocycles. The Morgan fingerprint density at radius 2 is 2.33 bits per heavy atom. The molecular formula is C16H19N5O3. The monoisotopic (exact) mass is 329 g/mol. The van der Waals surface area contributed by atoms with E-state index in [2.05, 4.69) is 15.0 Å². The first-order chi connectivity index (χ1) is 11.7. The van der Waals surface area contributed by atoms with Crippen LogP contribution in [-0.4, -0.2) is 55.1 Å². The standard InChI is InChI=1S/C16H19N5O3/c22-7-4-13(23)20-6-1-2-10(9-20)21-14-11-3-5-17-15(11)18-8-12(14)19-16(21)24/h3,5,8,10,22H,1-2,4,6-7,9H2,(H,17,18)(H,19,24)/t10-/m1/s1. The van der Waals surface area contributed by atoms with Crippen molar-refractivity contribution in [2.75, 3.05) is 19.7 Å². The average molecular weight is 329 g/mol. The number of imidazole rings is 1. The van der Waals surface area contributed by atoms with Crippen molar-refractivity contribution in [2.24, 2.45) is 0 Å². The average Bonchev–Trinajstić information content (AvgIpc) is 3.18. The SMILES string of the molecule is O=C(CCO)N1CCC[C@@H](n2c(=O)[nH]c3cnc4[nH]ccc4c32)C1. The Balaban J connectivity index is 1.78. The molecule has 0 aromatic carbocycles. The van der Waals surface area contributed by atoms with Crippen LogP contribution >= 0.6 is 0 Å². The van der Waals surface area contributed by atoms with Crippen molar-refractivity contribution in [2.45, 2.75) is 25.3 Å². The summed E-state index contributed by atoms with van der Waals surface area (Å²) in [5.41, 5.74) is 2.08. The molecule has 24 heavy (non-hydrogen) atoms. The van der Waals surface area contributed by atoms with E-state index >= 15 is 0 Å². The Labute approximate surface area is 137 Å². The third kappa shape index (κ3) is 2.30. The van der Waals surface area contributed by atoms with Gasteiger partial charge in [-0.3, -0.25) is 9.36 Å². The van der Waals surface area contributed by atoms with Crippen LogP contribution in [0.1, 0.15) is 25.3 Å². The summed E-state index contributed by atoms with van der Waals surface area (Å²) in [6, 6.07) is 1.83. The molecule has 0 bridgehead atoms. The number of pyridine rings is 1. The van der Waals surface area contributed by atoms with Gasteiger partial charge in [0, 0.05) is 31.1 Å². The van der Waals surface area contributed by atoms with Crippen LogP contribution in [-0.2, 0) is 4.79 Å². The molecule has 1 saturated heterocycles. The summed E-state index contributed by atoms with van der Waals surface area (Å²) >= 11 is 0. The number of hydrogen-bond donors (Lipinski definition) is 3. The molecule has 126 valence electrons. The fourth-order valence-corrected chi connectivity index (χ4v) is 3.62. The molecule has 1 amide bonds. The van der Waals surface area contributed by atoms with E-state index in [-0.39, 0.29) is 30.7 Å². The number of amides is 1. The molecule has 0 unspecified atom stereocenters. The number of fused-ring (bicyclic) bond motifs is 3. The highest BCUT2D eigenvalue weighted by atomic mass is 16.3. The van der Waals surface area contributed by atoms with Crippen LogP contribution in [0.15, 0.2) is 23.3 Å². The van der Waals surface area contributed by atoms with E-state index in [1.54, 1.807) is 21.9 Å². The van der Waals surface area contributed by atoms with Gasteiger partial charge in [0.25, 0.3) is 0 Å². The van der Waals surface area contributed by atoms with Crippen molar-refractivity contribution in [1.29, 1.82) is 0 Å². The number of rotatable bonds is 3. The second kappa shape index (κ2) is 5.79. The third-order valence-electron chi connectivity index (χ3n) is 4.70. The van der Waals surface area contributed by atoms with Crippen molar-refractivity contribution in [3.8, 4) is 0 Å². The van der Waals surface area contributed by atoms with Crippen molar-refractivity contribution in [3.05, 3.63) is 28.9 Å². The van der Waals surface area contributed by atoms with Gasteiger partial charge in [0.15, 0.2) is 0 Å². The van der Waals surface area contributed by atoms with E-state index in [9.17, 15) is 9.59 Å². The largest absolute Gasteiger partial charge is 0.396 e. The number of aliphatic hydroxyl groups is 1. The van der Waals surface area contributed by atoms with Crippen molar-refractivity contribution >= 4 is 28.0 Å². The lowest BCUT2D eigenvalue weighted by Gasteiger charge is -2.33. The molecule has 8 heteroatoms. The number of carbonyl (C=O) groups is 1. The highest BCUT2D eigenvalue weighted by Gasteiger charge is 2.27. The minimum atomic E-state index is -0.179. The van der Waals surface area contributed by atoms with Crippen LogP contribution < -0.4 is 5.69 Å². The maximum Gasteiger partial charge on any atom is 0.326 e. The van der Waals surface area contributed by atoms with Crippen LogP contribution in [0.2, 0.25) is 0 Å². The Hall–Kier alpha value is -2.61. The predicted octanol–water partition coefficient (Wildman–Crippen LogP) is 0.752. The lowest BCUT2D eigenvalue weighted by molar-refractivity contribution is -0.133. The van der Waals surface area contributed by atoms with Gasteiger partial charge >= 0.3 is 5.69 Å². The fraction of sp³-hybridized carbons (Fsp3) is 0.438. The van der Waals surface area contributed by atoms with Gasteiger partial charge in [0.2, 0.25) is 5.91 Å². The van der Waals surface area contributed by atoms with Crippen molar-refractivity contribution in [3.63, 3.8) is 0 Å². The number of piperidine rings is 1. The molecule has 1 fully saturated rings. The van der Waals surface area contributed by atoms with Crippen LogP contribution in [0.25, 0.3) is 22.1 Å². The number of nitrogens with zero attached hydrogens (tertiary/aromatic N) is 3. The molecule has 3 aromatic rings. The van der Waals surface area contributed by atoms with E-state index in [1.165, 1.54) is 0 Å². The summed E-state index contributed by atoms with van der Waals surface area (Å²) < 4.78 is 1.76. The zero-order valence-electron chi connectivity index (χ0n) is 13.2. The van der Waals surface area contributed by atoms with Gasteiger partial charge < -0.3 is 20.0 Å². The first-order valence-electron chi connectivity index (χ1n) is 8.14. The Bertz CT molecular complexity index is 954. The van der Waals surface area contributed by atoms with Gasteiger partial charge in [-0.1, -0.05) is 0 Å². The molecule has 3 aromatic heterocycles. The first kappa shape index (κ1) is 14.9. The number of likely N-dealkylation sites (tertiary alicyclic amines) is 1. The van der Waals surface area contributed by atoms with Gasteiger partial charge in [-0.15, -0.1) is 0 Å².